The van der Waals surface area contributed by atoms with Crippen LogP contribution in [0.25, 0.3) is 11.0 Å². The molecule has 0 aliphatic heterocycles. The van der Waals surface area contributed by atoms with E-state index in [1.807, 2.05) is 60.7 Å². The maximum Gasteiger partial charge on any atom is 0.251 e. The lowest BCUT2D eigenvalue weighted by molar-refractivity contribution is 0.0934. The van der Waals surface area contributed by atoms with Crippen LogP contribution in [-0.2, 0) is 16.4 Å². The lowest BCUT2D eigenvalue weighted by Crippen LogP contribution is -2.31. The molecular formula is C25H23N5O3S. The van der Waals surface area contributed by atoms with Crippen molar-refractivity contribution >= 4 is 27.0 Å². The molecule has 9 heteroatoms. The van der Waals surface area contributed by atoms with Crippen LogP contribution in [-0.4, -0.2) is 30.8 Å². The Labute approximate surface area is 197 Å². The van der Waals surface area contributed by atoms with Gasteiger partial charge < -0.3 is 10.3 Å². The molecule has 1 heterocycles. The molecule has 1 aromatic heterocycles. The topological polar surface area (TPSA) is 128 Å². The fourth-order valence-corrected chi connectivity index (χ4v) is 4.59. The van der Waals surface area contributed by atoms with Crippen LogP contribution < -0.4 is 10.0 Å². The molecule has 0 spiro atoms. The summed E-state index contributed by atoms with van der Waals surface area (Å²) in [5.74, 6) is 0.294. The number of nitrogens with one attached hydrogen (secondary N) is 3. The van der Waals surface area contributed by atoms with Gasteiger partial charge in [-0.1, -0.05) is 42.5 Å². The van der Waals surface area contributed by atoms with E-state index in [1.54, 1.807) is 0 Å². The van der Waals surface area contributed by atoms with E-state index in [0.717, 1.165) is 16.6 Å². The van der Waals surface area contributed by atoms with Gasteiger partial charge in [0.05, 0.1) is 28.0 Å². The first kappa shape index (κ1) is 23.2. The average Bonchev–Trinajstić information content (AvgIpc) is 3.29. The molecule has 0 fully saturated rings. The molecule has 3 N–H and O–H groups in total. The summed E-state index contributed by atoms with van der Waals surface area (Å²) in [7, 11) is -3.74. The van der Waals surface area contributed by atoms with Crippen LogP contribution in [0, 0.1) is 11.3 Å². The van der Waals surface area contributed by atoms with Crippen LogP contribution in [0.4, 0.5) is 0 Å². The van der Waals surface area contributed by atoms with Gasteiger partial charge in [0.2, 0.25) is 10.0 Å². The Morgan fingerprint density at radius 1 is 1.00 bits per heavy atom. The Bertz CT molecular complexity index is 1390. The van der Waals surface area contributed by atoms with Gasteiger partial charge in [0, 0.05) is 18.5 Å². The minimum atomic E-state index is -3.74. The van der Waals surface area contributed by atoms with Crippen LogP contribution >= 0.6 is 0 Å². The zero-order valence-electron chi connectivity index (χ0n) is 18.2. The predicted molar refractivity (Wildman–Crippen MR) is 128 cm³/mol. The van der Waals surface area contributed by atoms with E-state index < -0.39 is 16.1 Å². The van der Waals surface area contributed by atoms with E-state index in [1.165, 1.54) is 24.3 Å². The highest BCUT2D eigenvalue weighted by Gasteiger charge is 2.21. The molecular weight excluding hydrogens is 450 g/mol. The minimum absolute atomic E-state index is 0.0275. The molecule has 3 aromatic carbocycles. The van der Waals surface area contributed by atoms with E-state index >= 15 is 0 Å². The van der Waals surface area contributed by atoms with Gasteiger partial charge >= 0.3 is 0 Å². The third-order valence-electron chi connectivity index (χ3n) is 5.28. The Hall–Kier alpha value is -4.00. The van der Waals surface area contributed by atoms with Gasteiger partial charge in [0.25, 0.3) is 5.91 Å². The van der Waals surface area contributed by atoms with E-state index in [2.05, 4.69) is 20.0 Å². The summed E-state index contributed by atoms with van der Waals surface area (Å²) in [5, 5.41) is 11.6. The first-order chi connectivity index (χ1) is 16.5. The Morgan fingerprint density at radius 3 is 2.41 bits per heavy atom. The first-order valence-corrected chi connectivity index (χ1v) is 12.2. The quantitative estimate of drug-likeness (QED) is 0.321. The molecule has 0 saturated heterocycles. The summed E-state index contributed by atoms with van der Waals surface area (Å²) in [4.78, 5) is 21.0. The number of aromatic amines is 1. The highest BCUT2D eigenvalue weighted by Crippen LogP contribution is 2.21. The van der Waals surface area contributed by atoms with E-state index in [4.69, 9.17) is 5.26 Å². The number of nitriles is 1. The van der Waals surface area contributed by atoms with Crippen LogP contribution in [0.5, 0.6) is 0 Å². The molecule has 0 radical (unpaired) electrons. The second kappa shape index (κ2) is 10.3. The zero-order valence-corrected chi connectivity index (χ0v) is 19.0. The van der Waals surface area contributed by atoms with Crippen LogP contribution in [0.2, 0.25) is 0 Å². The third kappa shape index (κ3) is 5.49. The van der Waals surface area contributed by atoms with Gasteiger partial charge in [-0.3, -0.25) is 4.79 Å². The molecule has 34 heavy (non-hydrogen) atoms. The number of aromatic nitrogens is 2. The van der Waals surface area contributed by atoms with Crippen molar-refractivity contribution in [2.24, 2.45) is 0 Å². The number of rotatable bonds is 9. The summed E-state index contributed by atoms with van der Waals surface area (Å²) in [5.41, 5.74) is 3.05. The number of H-pyrrole nitrogens is 1. The smallest absolute Gasteiger partial charge is 0.251 e. The zero-order chi connectivity index (χ0) is 24.0. The van der Waals surface area contributed by atoms with Gasteiger partial charge in [-0.05, 0) is 48.4 Å². The second-order valence-electron chi connectivity index (χ2n) is 7.69. The number of imidazole rings is 1. The molecule has 8 nitrogen and oxygen atoms in total. The number of nitrogens with zero attached hydrogens (tertiary/aromatic N) is 2. The van der Waals surface area contributed by atoms with Gasteiger partial charge in [0.15, 0.2) is 0 Å². The second-order valence-corrected chi connectivity index (χ2v) is 9.45. The standard InChI is InChI=1S/C25H23N5O3S/c26-15-6-16-27-34(32,33)20-13-11-19(12-14-20)25(31)30-23(17-18-7-2-1-3-8-18)24-28-21-9-4-5-10-22(21)29-24/h1-5,7-14,23,27H,6,16-17H2,(H,28,29)(H,30,31). The molecule has 1 atom stereocenters. The molecule has 0 bridgehead atoms. The Balaban J connectivity index is 1.55. The maximum atomic E-state index is 13.1. The Kier molecular flexibility index (Phi) is 7.01. The minimum Gasteiger partial charge on any atom is -0.342 e. The van der Waals surface area contributed by atoms with E-state index in [0.29, 0.717) is 17.8 Å². The molecule has 172 valence electrons. The maximum absolute atomic E-state index is 13.1. The third-order valence-corrected chi connectivity index (χ3v) is 6.76. The van der Waals surface area contributed by atoms with Crippen molar-refractivity contribution in [3.8, 4) is 6.07 Å². The van der Waals surface area contributed by atoms with Crippen molar-refractivity contribution < 1.29 is 13.2 Å². The molecule has 4 aromatic rings. The fourth-order valence-electron chi connectivity index (χ4n) is 3.56. The summed E-state index contributed by atoms with van der Waals surface area (Å²) < 4.78 is 27.0. The van der Waals surface area contributed by atoms with Crippen molar-refractivity contribution in [1.82, 2.24) is 20.0 Å². The summed E-state index contributed by atoms with van der Waals surface area (Å²) >= 11 is 0. The lowest BCUT2D eigenvalue weighted by atomic mass is 10.0. The van der Waals surface area contributed by atoms with Crippen LogP contribution in [0.3, 0.4) is 0 Å². The molecule has 0 aliphatic carbocycles. The van der Waals surface area contributed by atoms with Crippen LogP contribution in [0.1, 0.15) is 34.2 Å². The highest BCUT2D eigenvalue weighted by molar-refractivity contribution is 7.89. The molecule has 1 unspecified atom stereocenters. The first-order valence-electron chi connectivity index (χ1n) is 10.7. The number of hydrogen-bond acceptors (Lipinski definition) is 5. The number of carbonyl (C=O) groups is 1. The molecule has 0 saturated carbocycles. The van der Waals surface area contributed by atoms with Crippen molar-refractivity contribution in [3.63, 3.8) is 0 Å². The number of benzene rings is 3. The van der Waals surface area contributed by atoms with Crippen molar-refractivity contribution in [2.45, 2.75) is 23.8 Å². The Morgan fingerprint density at radius 2 is 1.71 bits per heavy atom. The summed E-state index contributed by atoms with van der Waals surface area (Å²) in [6, 6.07) is 24.6. The monoisotopic (exact) mass is 473 g/mol. The van der Waals surface area contributed by atoms with E-state index in [9.17, 15) is 13.2 Å². The number of amides is 1. The van der Waals surface area contributed by atoms with Gasteiger partial charge in [-0.25, -0.2) is 18.1 Å². The van der Waals surface area contributed by atoms with Crippen molar-refractivity contribution in [2.75, 3.05) is 6.54 Å². The number of sulfonamides is 1. The van der Waals surface area contributed by atoms with Gasteiger partial charge in [0.1, 0.15) is 5.82 Å². The average molecular weight is 474 g/mol. The van der Waals surface area contributed by atoms with E-state index in [-0.39, 0.29) is 23.8 Å². The van der Waals surface area contributed by atoms with Gasteiger partial charge in [-0.15, -0.1) is 0 Å². The number of para-hydroxylation sites is 2. The fraction of sp³-hybridized carbons (Fsp3) is 0.160. The van der Waals surface area contributed by atoms with Crippen molar-refractivity contribution in [3.05, 3.63) is 95.8 Å². The van der Waals surface area contributed by atoms with Gasteiger partial charge in [-0.2, -0.15) is 5.26 Å². The summed E-state index contributed by atoms with van der Waals surface area (Å²) in [6.07, 6.45) is 0.603. The lowest BCUT2D eigenvalue weighted by Gasteiger charge is -2.17. The number of fused-ring (bicyclic) bond motifs is 1. The molecule has 0 aliphatic rings. The number of carbonyl (C=O) groups excluding carboxylic acids is 1. The predicted octanol–water partition coefficient (Wildman–Crippen LogP) is 3.47. The highest BCUT2D eigenvalue weighted by atomic mass is 32.2. The van der Waals surface area contributed by atoms with Crippen molar-refractivity contribution in [1.29, 1.82) is 5.26 Å². The number of hydrogen-bond donors (Lipinski definition) is 3. The molecule has 4 rings (SSSR count). The largest absolute Gasteiger partial charge is 0.342 e. The van der Waals surface area contributed by atoms with Crippen LogP contribution in [0.15, 0.2) is 83.8 Å². The SMILES string of the molecule is N#CCCNS(=O)(=O)c1ccc(C(=O)NC(Cc2ccccc2)c2nc3ccccc3[nH]2)cc1. The normalized spacial score (nSPS) is 12.2. The molecule has 1 amide bonds. The summed E-state index contributed by atoms with van der Waals surface area (Å²) in [6.45, 7) is 0.0275.